The topological polar surface area (TPSA) is 124 Å². The van der Waals surface area contributed by atoms with Crippen LogP contribution >= 0.6 is 0 Å². The van der Waals surface area contributed by atoms with Gasteiger partial charge in [-0.25, -0.2) is 0 Å². The van der Waals surface area contributed by atoms with Gasteiger partial charge in [-0.15, -0.1) is 0 Å². The lowest BCUT2D eigenvalue weighted by Crippen LogP contribution is -2.50. The zero-order chi connectivity index (χ0) is 33.4. The van der Waals surface area contributed by atoms with Gasteiger partial charge in [0.2, 0.25) is 5.91 Å². The molecule has 0 aromatic carbocycles. The first-order valence-corrected chi connectivity index (χ1v) is 19.5. The average Bonchev–Trinajstić information content (AvgIpc) is 3.00. The fourth-order valence-corrected chi connectivity index (χ4v) is 5.87. The van der Waals surface area contributed by atoms with Crippen molar-refractivity contribution >= 4 is 16.0 Å². The summed E-state index contributed by atoms with van der Waals surface area (Å²) in [5.74, 6) is -1.58. The molecule has 0 aromatic rings. The van der Waals surface area contributed by atoms with E-state index in [1.165, 1.54) is 83.1 Å². The first-order chi connectivity index (χ1) is 21.7. The third-order valence-corrected chi connectivity index (χ3v) is 8.69. The van der Waals surface area contributed by atoms with Crippen LogP contribution in [0.5, 0.6) is 0 Å². The summed E-state index contributed by atoms with van der Waals surface area (Å²) in [6.45, 7) is 4.25. The van der Waals surface area contributed by atoms with E-state index in [-0.39, 0.29) is 6.42 Å². The van der Waals surface area contributed by atoms with Gasteiger partial charge in [-0.05, 0) is 64.7 Å². The average molecular weight is 654 g/mol. The third-order valence-electron chi connectivity index (χ3n) is 7.91. The van der Waals surface area contributed by atoms with E-state index in [0.29, 0.717) is 12.8 Å². The van der Waals surface area contributed by atoms with Crippen molar-refractivity contribution in [2.24, 2.45) is 0 Å². The van der Waals surface area contributed by atoms with Crippen LogP contribution in [0.3, 0.4) is 0 Å². The molecule has 0 aromatic heterocycles. The molecule has 0 aliphatic rings. The maximum Gasteiger partial charge on any atom is 0.267 e. The quantitative estimate of drug-likeness (QED) is 0.0336. The SMILES string of the molecule is C/C=C/CC/C=C/CC/C=C/C(O)C(CS(=O)(=O)O)NC(=O)C(O)CCCCCCCC/C=C\CCCCCCCCCCC. The van der Waals surface area contributed by atoms with Gasteiger partial charge in [0.15, 0.2) is 0 Å². The predicted octanol–water partition coefficient (Wildman–Crippen LogP) is 8.93. The molecule has 0 fully saturated rings. The van der Waals surface area contributed by atoms with Crippen molar-refractivity contribution in [1.29, 1.82) is 0 Å². The summed E-state index contributed by atoms with van der Waals surface area (Å²) in [4.78, 5) is 12.5. The zero-order valence-electron chi connectivity index (χ0n) is 28.6. The molecule has 0 bridgehead atoms. The van der Waals surface area contributed by atoms with Crippen LogP contribution in [0.2, 0.25) is 0 Å². The fourth-order valence-electron chi connectivity index (χ4n) is 5.14. The van der Waals surface area contributed by atoms with Crippen LogP contribution in [-0.2, 0) is 14.9 Å². The van der Waals surface area contributed by atoms with Crippen molar-refractivity contribution in [1.82, 2.24) is 5.32 Å². The minimum Gasteiger partial charge on any atom is -0.387 e. The van der Waals surface area contributed by atoms with Gasteiger partial charge >= 0.3 is 0 Å². The lowest BCUT2D eigenvalue weighted by atomic mass is 10.0. The van der Waals surface area contributed by atoms with Crippen LogP contribution in [0.15, 0.2) is 48.6 Å². The van der Waals surface area contributed by atoms with Gasteiger partial charge in [0.1, 0.15) is 6.10 Å². The molecule has 4 N–H and O–H groups in total. The molecule has 1 amide bonds. The van der Waals surface area contributed by atoms with Crippen LogP contribution in [-0.4, -0.2) is 53.1 Å². The fraction of sp³-hybridized carbons (Fsp3) is 0.757. The zero-order valence-corrected chi connectivity index (χ0v) is 29.4. The molecule has 0 heterocycles. The molecule has 0 radical (unpaired) electrons. The number of aliphatic hydroxyl groups is 2. The van der Waals surface area contributed by atoms with E-state index in [4.69, 9.17) is 0 Å². The Morgan fingerprint density at radius 1 is 0.644 bits per heavy atom. The molecule has 0 saturated carbocycles. The molecule has 0 aliphatic carbocycles. The Labute approximate surface area is 276 Å². The molecule has 3 unspecified atom stereocenters. The molecule has 8 heteroatoms. The molecule has 3 atom stereocenters. The lowest BCUT2D eigenvalue weighted by molar-refractivity contribution is -0.130. The van der Waals surface area contributed by atoms with Crippen molar-refractivity contribution in [3.05, 3.63) is 48.6 Å². The maximum absolute atomic E-state index is 12.5. The van der Waals surface area contributed by atoms with E-state index in [1.54, 1.807) is 6.08 Å². The van der Waals surface area contributed by atoms with Crippen LogP contribution in [0.25, 0.3) is 0 Å². The summed E-state index contributed by atoms with van der Waals surface area (Å²) in [6.07, 6.45) is 37.7. The van der Waals surface area contributed by atoms with Gasteiger partial charge < -0.3 is 15.5 Å². The molecule has 0 spiro atoms. The molecule has 7 nitrogen and oxygen atoms in total. The monoisotopic (exact) mass is 653 g/mol. The van der Waals surface area contributed by atoms with E-state index in [0.717, 1.165) is 44.9 Å². The van der Waals surface area contributed by atoms with Gasteiger partial charge in [0, 0.05) is 0 Å². The number of hydrogen-bond donors (Lipinski definition) is 4. The Morgan fingerprint density at radius 3 is 1.60 bits per heavy atom. The summed E-state index contributed by atoms with van der Waals surface area (Å²) in [6, 6.07) is -1.26. The minimum atomic E-state index is -4.45. The van der Waals surface area contributed by atoms with Crippen LogP contribution in [0, 0.1) is 0 Å². The van der Waals surface area contributed by atoms with E-state index < -0.39 is 40.0 Å². The number of amides is 1. The number of aliphatic hydroxyl groups excluding tert-OH is 2. The lowest BCUT2D eigenvalue weighted by Gasteiger charge is -2.22. The van der Waals surface area contributed by atoms with Gasteiger partial charge in [0.25, 0.3) is 10.1 Å². The minimum absolute atomic E-state index is 0.262. The highest BCUT2D eigenvalue weighted by Crippen LogP contribution is 2.13. The Balaban J connectivity index is 4.06. The first kappa shape index (κ1) is 43.3. The Hall–Kier alpha value is -1.74. The number of allylic oxidation sites excluding steroid dienone is 7. The number of nitrogens with one attached hydrogen (secondary N) is 1. The first-order valence-electron chi connectivity index (χ1n) is 17.9. The molecular weight excluding hydrogens is 586 g/mol. The molecule has 0 aliphatic heterocycles. The Morgan fingerprint density at radius 2 is 1.09 bits per heavy atom. The Bertz CT molecular complexity index is 912. The number of rotatable bonds is 31. The van der Waals surface area contributed by atoms with Crippen LogP contribution in [0.1, 0.15) is 155 Å². The van der Waals surface area contributed by atoms with Crippen molar-refractivity contribution in [3.8, 4) is 0 Å². The van der Waals surface area contributed by atoms with Crippen molar-refractivity contribution < 1.29 is 28.0 Å². The highest BCUT2D eigenvalue weighted by molar-refractivity contribution is 7.85. The standard InChI is InChI=1S/C37H67NO6S/c1-3-5-7-9-11-13-14-15-16-17-18-19-20-21-22-24-26-28-30-32-36(40)37(41)38-34(33-45(42,43)44)35(39)31-29-27-25-23-12-10-8-6-4-2/h4,6,12,18-19,23,29,31,34-36,39-40H,3,5,7-11,13-17,20-22,24-28,30,32-33H2,1-2H3,(H,38,41)(H,42,43,44)/b6-4+,19-18-,23-12+,31-29+. The molecule has 262 valence electrons. The number of hydrogen-bond acceptors (Lipinski definition) is 5. The van der Waals surface area contributed by atoms with Crippen molar-refractivity contribution in [2.75, 3.05) is 5.75 Å². The second-order valence-corrected chi connectivity index (χ2v) is 13.8. The predicted molar refractivity (Wildman–Crippen MR) is 190 cm³/mol. The van der Waals surface area contributed by atoms with E-state index in [2.05, 4.69) is 36.5 Å². The normalized spacial score (nSPS) is 14.7. The summed E-state index contributed by atoms with van der Waals surface area (Å²) in [5.41, 5.74) is 0. The van der Waals surface area contributed by atoms with E-state index >= 15 is 0 Å². The summed E-state index contributed by atoms with van der Waals surface area (Å²) in [7, 11) is -4.45. The van der Waals surface area contributed by atoms with E-state index in [1.807, 2.05) is 19.1 Å². The van der Waals surface area contributed by atoms with Crippen molar-refractivity contribution in [3.63, 3.8) is 0 Å². The molecule has 45 heavy (non-hydrogen) atoms. The largest absolute Gasteiger partial charge is 0.387 e. The molecular formula is C37H67NO6S. The van der Waals surface area contributed by atoms with Gasteiger partial charge in [-0.1, -0.05) is 139 Å². The summed E-state index contributed by atoms with van der Waals surface area (Å²) < 4.78 is 32.2. The van der Waals surface area contributed by atoms with Crippen molar-refractivity contribution in [2.45, 2.75) is 173 Å². The summed E-state index contributed by atoms with van der Waals surface area (Å²) >= 11 is 0. The van der Waals surface area contributed by atoms with E-state index in [9.17, 15) is 28.0 Å². The highest BCUT2D eigenvalue weighted by Gasteiger charge is 2.27. The van der Waals surface area contributed by atoms with Crippen LogP contribution < -0.4 is 5.32 Å². The van der Waals surface area contributed by atoms with Crippen LogP contribution in [0.4, 0.5) is 0 Å². The number of carbonyl (C=O) groups excluding carboxylic acids is 1. The number of unbranched alkanes of at least 4 members (excludes halogenated alkanes) is 17. The Kier molecular flexibility index (Phi) is 29.7. The van der Waals surface area contributed by atoms with Gasteiger partial charge in [0.05, 0.1) is 17.9 Å². The smallest absolute Gasteiger partial charge is 0.267 e. The second-order valence-electron chi connectivity index (χ2n) is 12.3. The molecule has 0 saturated heterocycles. The number of carbonyl (C=O) groups is 1. The van der Waals surface area contributed by atoms with Gasteiger partial charge in [-0.3, -0.25) is 9.35 Å². The van der Waals surface area contributed by atoms with Gasteiger partial charge in [-0.2, -0.15) is 8.42 Å². The second kappa shape index (κ2) is 30.9. The third kappa shape index (κ3) is 30.7. The summed E-state index contributed by atoms with van der Waals surface area (Å²) in [5, 5.41) is 23.2. The maximum atomic E-state index is 12.5. The molecule has 0 rings (SSSR count). The highest BCUT2D eigenvalue weighted by atomic mass is 32.2.